The monoisotopic (exact) mass is 403 g/mol. The third-order valence-electron chi connectivity index (χ3n) is 5.18. The standard InChI is InChI=1S/C19H25N5O3S/c1-2-23(11-15-12-26-16-9-5-6-10-17(16)27-15)18(25)13-28-19-20-21-22-24(19)14-7-3-4-8-14/h5-6,9-10,14-15H,2-4,7-8,11-13H2,1H3/t15-/m1/s1. The molecule has 150 valence electrons. The molecule has 8 nitrogen and oxygen atoms in total. The number of para-hydroxylation sites is 2. The molecule has 4 rings (SSSR count). The van der Waals surface area contributed by atoms with E-state index < -0.39 is 0 Å². The molecule has 1 saturated carbocycles. The van der Waals surface area contributed by atoms with Gasteiger partial charge in [-0.25, -0.2) is 4.68 Å². The number of rotatable bonds is 7. The van der Waals surface area contributed by atoms with Crippen LogP contribution in [0.1, 0.15) is 38.6 Å². The summed E-state index contributed by atoms with van der Waals surface area (Å²) in [7, 11) is 0. The second kappa shape index (κ2) is 8.81. The minimum atomic E-state index is -0.174. The number of amides is 1. The smallest absolute Gasteiger partial charge is 0.233 e. The van der Waals surface area contributed by atoms with Crippen molar-refractivity contribution in [2.45, 2.75) is 49.9 Å². The Morgan fingerprint density at radius 1 is 1.29 bits per heavy atom. The van der Waals surface area contributed by atoms with Crippen LogP contribution in [0.2, 0.25) is 0 Å². The number of thioether (sulfide) groups is 1. The molecule has 2 aromatic rings. The number of nitrogens with zero attached hydrogens (tertiary/aromatic N) is 5. The summed E-state index contributed by atoms with van der Waals surface area (Å²) in [6.45, 7) is 3.53. The van der Waals surface area contributed by atoms with Crippen molar-refractivity contribution in [1.82, 2.24) is 25.1 Å². The maximum atomic E-state index is 12.8. The van der Waals surface area contributed by atoms with Crippen molar-refractivity contribution in [2.24, 2.45) is 0 Å². The van der Waals surface area contributed by atoms with E-state index in [2.05, 4.69) is 15.5 Å². The van der Waals surface area contributed by atoms with Gasteiger partial charge >= 0.3 is 0 Å². The maximum absolute atomic E-state index is 12.8. The highest BCUT2D eigenvalue weighted by atomic mass is 32.2. The summed E-state index contributed by atoms with van der Waals surface area (Å²) in [4.78, 5) is 14.6. The van der Waals surface area contributed by atoms with Gasteiger partial charge in [-0.05, 0) is 42.3 Å². The van der Waals surface area contributed by atoms with Crippen LogP contribution in [0.5, 0.6) is 11.5 Å². The summed E-state index contributed by atoms with van der Waals surface area (Å²) in [6.07, 6.45) is 4.46. The van der Waals surface area contributed by atoms with E-state index in [1.54, 1.807) is 4.90 Å². The van der Waals surface area contributed by atoms with Crippen LogP contribution in [-0.2, 0) is 4.79 Å². The summed E-state index contributed by atoms with van der Waals surface area (Å²) in [5.74, 6) is 1.84. The van der Waals surface area contributed by atoms with E-state index >= 15 is 0 Å². The van der Waals surface area contributed by atoms with Crippen LogP contribution in [0.15, 0.2) is 29.4 Å². The summed E-state index contributed by atoms with van der Waals surface area (Å²) < 4.78 is 13.6. The lowest BCUT2D eigenvalue weighted by atomic mass is 10.2. The van der Waals surface area contributed by atoms with Gasteiger partial charge in [0.15, 0.2) is 17.6 Å². The fraction of sp³-hybridized carbons (Fsp3) is 0.579. The van der Waals surface area contributed by atoms with Crippen molar-refractivity contribution in [3.63, 3.8) is 0 Å². The maximum Gasteiger partial charge on any atom is 0.233 e. The summed E-state index contributed by atoms with van der Waals surface area (Å²) >= 11 is 1.41. The Bertz CT molecular complexity index is 808. The van der Waals surface area contributed by atoms with Gasteiger partial charge in [0.25, 0.3) is 0 Å². The minimum Gasteiger partial charge on any atom is -0.486 e. The Morgan fingerprint density at radius 2 is 2.07 bits per heavy atom. The average molecular weight is 404 g/mol. The van der Waals surface area contributed by atoms with Crippen LogP contribution in [0.4, 0.5) is 0 Å². The number of carbonyl (C=O) groups is 1. The number of benzene rings is 1. The van der Waals surface area contributed by atoms with Crippen molar-refractivity contribution in [1.29, 1.82) is 0 Å². The first-order valence-electron chi connectivity index (χ1n) is 9.81. The fourth-order valence-electron chi connectivity index (χ4n) is 3.68. The molecule has 0 saturated heterocycles. The van der Waals surface area contributed by atoms with Gasteiger partial charge in [-0.3, -0.25) is 4.79 Å². The summed E-state index contributed by atoms with van der Waals surface area (Å²) in [5.41, 5.74) is 0. The van der Waals surface area contributed by atoms with E-state index in [1.807, 2.05) is 35.9 Å². The molecule has 0 unspecified atom stereocenters. The van der Waals surface area contributed by atoms with Crippen LogP contribution in [0, 0.1) is 0 Å². The van der Waals surface area contributed by atoms with Gasteiger partial charge in [0.2, 0.25) is 11.1 Å². The van der Waals surface area contributed by atoms with Crippen LogP contribution < -0.4 is 9.47 Å². The highest BCUT2D eigenvalue weighted by molar-refractivity contribution is 7.99. The van der Waals surface area contributed by atoms with E-state index in [9.17, 15) is 4.79 Å². The molecule has 2 heterocycles. The van der Waals surface area contributed by atoms with Gasteiger partial charge in [0.05, 0.1) is 18.3 Å². The first-order valence-corrected chi connectivity index (χ1v) is 10.8. The largest absolute Gasteiger partial charge is 0.486 e. The third-order valence-corrected chi connectivity index (χ3v) is 6.10. The highest BCUT2D eigenvalue weighted by Gasteiger charge is 2.26. The molecule has 9 heteroatoms. The lowest BCUT2D eigenvalue weighted by Gasteiger charge is -2.30. The number of tetrazole rings is 1. The molecule has 0 N–H and O–H groups in total. The molecule has 28 heavy (non-hydrogen) atoms. The number of carbonyl (C=O) groups excluding carboxylic acids is 1. The molecule has 0 spiro atoms. The quantitative estimate of drug-likeness (QED) is 0.657. The molecule has 0 bridgehead atoms. The number of hydrogen-bond donors (Lipinski definition) is 0. The summed E-state index contributed by atoms with van der Waals surface area (Å²) in [6, 6.07) is 7.97. The molecule has 1 aliphatic carbocycles. The lowest BCUT2D eigenvalue weighted by molar-refractivity contribution is -0.129. The topological polar surface area (TPSA) is 82.4 Å². The van der Waals surface area contributed by atoms with Gasteiger partial charge < -0.3 is 14.4 Å². The van der Waals surface area contributed by atoms with Crippen molar-refractivity contribution in [3.05, 3.63) is 24.3 Å². The zero-order chi connectivity index (χ0) is 19.3. The lowest BCUT2D eigenvalue weighted by Crippen LogP contribution is -2.44. The van der Waals surface area contributed by atoms with Gasteiger partial charge in [0.1, 0.15) is 6.61 Å². The molecular weight excluding hydrogens is 378 g/mol. The normalized spacial score (nSPS) is 19.0. The Labute approximate surface area is 168 Å². The van der Waals surface area contributed by atoms with Crippen molar-refractivity contribution in [3.8, 4) is 11.5 Å². The van der Waals surface area contributed by atoms with Crippen LogP contribution in [-0.4, -0.2) is 62.6 Å². The average Bonchev–Trinajstić information content (AvgIpc) is 3.41. The minimum absolute atomic E-state index is 0.0518. The number of aromatic nitrogens is 4. The third kappa shape index (κ3) is 4.24. The molecular formula is C19H25N5O3S. The second-order valence-electron chi connectivity index (χ2n) is 7.06. The predicted octanol–water partition coefficient (Wildman–Crippen LogP) is 2.57. The Hall–Kier alpha value is -2.29. The van der Waals surface area contributed by atoms with E-state index in [0.29, 0.717) is 31.5 Å². The molecule has 1 amide bonds. The van der Waals surface area contributed by atoms with E-state index in [1.165, 1.54) is 24.6 Å². The zero-order valence-corrected chi connectivity index (χ0v) is 16.8. The van der Waals surface area contributed by atoms with Crippen LogP contribution >= 0.6 is 11.8 Å². The summed E-state index contributed by atoms with van der Waals surface area (Å²) in [5, 5.41) is 12.8. The Morgan fingerprint density at radius 3 is 2.86 bits per heavy atom. The predicted molar refractivity (Wildman–Crippen MR) is 105 cm³/mol. The molecule has 1 fully saturated rings. The van der Waals surface area contributed by atoms with Crippen molar-refractivity contribution < 1.29 is 14.3 Å². The number of likely N-dealkylation sites (N-methyl/N-ethyl adjacent to an activating group) is 1. The molecule has 1 aromatic carbocycles. The Balaban J connectivity index is 1.32. The molecule has 2 aliphatic rings. The SMILES string of the molecule is CCN(C[C@@H]1COc2ccccc2O1)C(=O)CSc1nnnn1C1CCCC1. The fourth-order valence-corrected chi connectivity index (χ4v) is 4.53. The van der Waals surface area contributed by atoms with Gasteiger partial charge in [-0.1, -0.05) is 36.7 Å². The Kier molecular flexibility index (Phi) is 5.99. The van der Waals surface area contributed by atoms with Gasteiger partial charge in [-0.2, -0.15) is 0 Å². The van der Waals surface area contributed by atoms with Gasteiger partial charge in [0, 0.05) is 6.54 Å². The second-order valence-corrected chi connectivity index (χ2v) is 8.01. The molecule has 0 radical (unpaired) electrons. The van der Waals surface area contributed by atoms with Crippen LogP contribution in [0.3, 0.4) is 0 Å². The van der Waals surface area contributed by atoms with Crippen LogP contribution in [0.25, 0.3) is 0 Å². The molecule has 1 aliphatic heterocycles. The van der Waals surface area contributed by atoms with E-state index in [0.717, 1.165) is 29.5 Å². The number of hydrogen-bond acceptors (Lipinski definition) is 7. The zero-order valence-electron chi connectivity index (χ0n) is 16.0. The van der Waals surface area contributed by atoms with Crippen molar-refractivity contribution >= 4 is 17.7 Å². The first kappa shape index (κ1) is 19.0. The molecule has 1 atom stereocenters. The van der Waals surface area contributed by atoms with E-state index in [-0.39, 0.29) is 12.0 Å². The number of fused-ring (bicyclic) bond motifs is 1. The number of ether oxygens (including phenoxy) is 2. The highest BCUT2D eigenvalue weighted by Crippen LogP contribution is 2.32. The van der Waals surface area contributed by atoms with Crippen molar-refractivity contribution in [2.75, 3.05) is 25.4 Å². The van der Waals surface area contributed by atoms with Gasteiger partial charge in [-0.15, -0.1) is 5.10 Å². The first-order chi connectivity index (χ1) is 13.7. The molecule has 1 aromatic heterocycles. The van der Waals surface area contributed by atoms with E-state index in [4.69, 9.17) is 9.47 Å².